The molecule has 1 N–H and O–H groups in total. The summed E-state index contributed by atoms with van der Waals surface area (Å²) in [5, 5.41) is 14.8. The maximum atomic E-state index is 10.4. The van der Waals surface area contributed by atoms with E-state index in [4.69, 9.17) is 9.47 Å². The second-order valence-corrected chi connectivity index (χ2v) is 5.95. The number of aryl methyl sites for hydroxylation is 2. The number of aromatic nitrogens is 2. The van der Waals surface area contributed by atoms with Gasteiger partial charge in [0.15, 0.2) is 17.6 Å². The van der Waals surface area contributed by atoms with Crippen LogP contribution in [0.3, 0.4) is 0 Å². The summed E-state index contributed by atoms with van der Waals surface area (Å²) in [6.07, 6.45) is -0.597. The Kier molecular flexibility index (Phi) is 3.91. The molecule has 2 aromatic rings. The van der Waals surface area contributed by atoms with Crippen molar-refractivity contribution in [3.8, 4) is 11.5 Å². The summed E-state index contributed by atoms with van der Waals surface area (Å²) in [4.78, 5) is 0. The van der Waals surface area contributed by atoms with E-state index in [9.17, 15) is 5.11 Å². The third-order valence-electron chi connectivity index (χ3n) is 3.62. The van der Waals surface area contributed by atoms with Gasteiger partial charge in [-0.15, -0.1) is 0 Å². The van der Waals surface area contributed by atoms with Crippen molar-refractivity contribution in [3.05, 3.63) is 40.1 Å². The number of rotatable bonds is 3. The van der Waals surface area contributed by atoms with E-state index in [0.29, 0.717) is 18.8 Å². The quantitative estimate of drug-likeness (QED) is 0.920. The van der Waals surface area contributed by atoms with Gasteiger partial charge in [-0.3, -0.25) is 4.68 Å². The normalized spacial score (nSPS) is 18.6. The van der Waals surface area contributed by atoms with E-state index in [1.165, 1.54) is 0 Å². The highest BCUT2D eigenvalue weighted by Crippen LogP contribution is 2.32. The van der Waals surface area contributed by atoms with Gasteiger partial charge in [0.05, 0.1) is 22.0 Å². The van der Waals surface area contributed by atoms with Crippen molar-refractivity contribution in [1.82, 2.24) is 9.78 Å². The monoisotopic (exact) mass is 352 g/mol. The van der Waals surface area contributed by atoms with E-state index in [0.717, 1.165) is 21.6 Å². The summed E-state index contributed by atoms with van der Waals surface area (Å²) < 4.78 is 14.2. The highest BCUT2D eigenvalue weighted by molar-refractivity contribution is 9.10. The van der Waals surface area contributed by atoms with Gasteiger partial charge < -0.3 is 14.6 Å². The number of benzene rings is 1. The Labute approximate surface area is 131 Å². The number of halogens is 1. The smallest absolute Gasteiger partial charge is 0.161 e. The molecule has 1 aromatic heterocycles. The fourth-order valence-electron chi connectivity index (χ4n) is 2.46. The number of para-hydroxylation sites is 2. The van der Waals surface area contributed by atoms with Crippen molar-refractivity contribution in [3.63, 3.8) is 0 Å². The molecule has 0 spiro atoms. The first-order chi connectivity index (χ1) is 10.1. The minimum Gasteiger partial charge on any atom is -0.486 e. The third-order valence-corrected chi connectivity index (χ3v) is 4.66. The van der Waals surface area contributed by atoms with Gasteiger partial charge in [-0.05, 0) is 35.0 Å². The number of fused-ring (bicyclic) bond motifs is 1. The average molecular weight is 353 g/mol. The van der Waals surface area contributed by atoms with Crippen molar-refractivity contribution in [2.75, 3.05) is 6.61 Å². The zero-order valence-electron chi connectivity index (χ0n) is 11.9. The second-order valence-electron chi connectivity index (χ2n) is 5.16. The Morgan fingerprint density at radius 1 is 1.43 bits per heavy atom. The van der Waals surface area contributed by atoms with Crippen LogP contribution in [-0.2, 0) is 13.5 Å². The molecule has 0 aliphatic carbocycles. The number of nitrogens with zero attached hydrogens (tertiary/aromatic N) is 2. The van der Waals surface area contributed by atoms with Crippen molar-refractivity contribution < 1.29 is 14.6 Å². The standard InChI is InChI=1S/C15H17BrN2O3/c1-9-15(16)10(18(2)17-9)7-11(19)14-8-20-12-5-3-4-6-13(12)21-14/h3-6,11,14,19H,7-8H2,1-2H3. The number of aliphatic hydroxyl groups excluding tert-OH is 1. The molecule has 112 valence electrons. The van der Waals surface area contributed by atoms with Crippen molar-refractivity contribution in [1.29, 1.82) is 0 Å². The van der Waals surface area contributed by atoms with E-state index < -0.39 is 6.10 Å². The summed E-state index contributed by atoms with van der Waals surface area (Å²) >= 11 is 3.51. The third kappa shape index (κ3) is 2.78. The molecule has 1 aliphatic rings. The van der Waals surface area contributed by atoms with Crippen LogP contribution < -0.4 is 9.47 Å². The molecule has 2 atom stereocenters. The SMILES string of the molecule is Cc1nn(C)c(CC(O)C2COc3ccccc3O2)c1Br. The lowest BCUT2D eigenvalue weighted by atomic mass is 10.1. The van der Waals surface area contributed by atoms with Crippen LogP contribution in [0.5, 0.6) is 11.5 Å². The highest BCUT2D eigenvalue weighted by atomic mass is 79.9. The minimum absolute atomic E-state index is 0.340. The van der Waals surface area contributed by atoms with E-state index >= 15 is 0 Å². The van der Waals surface area contributed by atoms with Gasteiger partial charge >= 0.3 is 0 Å². The lowest BCUT2D eigenvalue weighted by Gasteiger charge is -2.29. The first-order valence-electron chi connectivity index (χ1n) is 6.80. The number of hydrogen-bond donors (Lipinski definition) is 1. The zero-order chi connectivity index (χ0) is 15.0. The molecule has 1 aliphatic heterocycles. The first-order valence-corrected chi connectivity index (χ1v) is 7.60. The average Bonchev–Trinajstić information content (AvgIpc) is 2.73. The van der Waals surface area contributed by atoms with E-state index in [2.05, 4.69) is 21.0 Å². The summed E-state index contributed by atoms with van der Waals surface area (Å²) in [6.45, 7) is 2.27. The Morgan fingerprint density at radius 3 is 2.81 bits per heavy atom. The van der Waals surface area contributed by atoms with Crippen molar-refractivity contribution in [2.45, 2.75) is 25.6 Å². The van der Waals surface area contributed by atoms with Crippen LogP contribution in [0.25, 0.3) is 0 Å². The van der Waals surface area contributed by atoms with Gasteiger partial charge in [-0.25, -0.2) is 0 Å². The number of hydrogen-bond acceptors (Lipinski definition) is 4. The topological polar surface area (TPSA) is 56.5 Å². The molecule has 0 fully saturated rings. The molecule has 0 saturated heterocycles. The fourth-order valence-corrected chi connectivity index (χ4v) is 2.95. The molecule has 6 heteroatoms. The molecule has 1 aromatic carbocycles. The zero-order valence-corrected chi connectivity index (χ0v) is 13.5. The summed E-state index contributed by atoms with van der Waals surface area (Å²) in [5.74, 6) is 1.39. The Balaban J connectivity index is 1.73. The highest BCUT2D eigenvalue weighted by Gasteiger charge is 2.29. The van der Waals surface area contributed by atoms with E-state index in [1.54, 1.807) is 4.68 Å². The van der Waals surface area contributed by atoms with Gasteiger partial charge in [0.2, 0.25) is 0 Å². The largest absolute Gasteiger partial charge is 0.486 e. The molecular formula is C15H17BrN2O3. The summed E-state index contributed by atoms with van der Waals surface area (Å²) in [7, 11) is 1.87. The van der Waals surface area contributed by atoms with Gasteiger partial charge in [0, 0.05) is 13.5 Å². The lowest BCUT2D eigenvalue weighted by molar-refractivity contribution is -0.0102. The van der Waals surface area contributed by atoms with Gasteiger partial charge in [0.1, 0.15) is 6.61 Å². The Bertz CT molecular complexity index is 656. The molecule has 0 radical (unpaired) electrons. The van der Waals surface area contributed by atoms with Gasteiger partial charge in [0.25, 0.3) is 0 Å². The van der Waals surface area contributed by atoms with Crippen LogP contribution in [0.1, 0.15) is 11.4 Å². The maximum Gasteiger partial charge on any atom is 0.161 e. The second kappa shape index (κ2) is 5.69. The molecular weight excluding hydrogens is 336 g/mol. The molecule has 3 rings (SSSR count). The van der Waals surface area contributed by atoms with Crippen LogP contribution in [-0.4, -0.2) is 33.7 Å². The van der Waals surface area contributed by atoms with Crippen molar-refractivity contribution in [2.24, 2.45) is 7.05 Å². The van der Waals surface area contributed by atoms with Crippen molar-refractivity contribution >= 4 is 15.9 Å². The first kappa shape index (κ1) is 14.4. The van der Waals surface area contributed by atoms with E-state index in [1.807, 2.05) is 38.2 Å². The van der Waals surface area contributed by atoms with Gasteiger partial charge in [-0.2, -0.15) is 5.10 Å². The van der Waals surface area contributed by atoms with Crippen LogP contribution in [0.4, 0.5) is 0 Å². The molecule has 2 unspecified atom stereocenters. The summed E-state index contributed by atoms with van der Waals surface area (Å²) in [5.41, 5.74) is 1.85. The maximum absolute atomic E-state index is 10.4. The predicted octanol–water partition coefficient (Wildman–Crippen LogP) is 2.23. The Morgan fingerprint density at radius 2 is 2.14 bits per heavy atom. The number of aliphatic hydroxyl groups is 1. The van der Waals surface area contributed by atoms with Crippen LogP contribution >= 0.6 is 15.9 Å². The number of ether oxygens (including phenoxy) is 2. The summed E-state index contributed by atoms with van der Waals surface area (Å²) in [6, 6.07) is 7.49. The molecule has 21 heavy (non-hydrogen) atoms. The fraction of sp³-hybridized carbons (Fsp3) is 0.400. The molecule has 0 saturated carbocycles. The van der Waals surface area contributed by atoms with Crippen LogP contribution in [0.15, 0.2) is 28.7 Å². The lowest BCUT2D eigenvalue weighted by Crippen LogP contribution is -2.41. The molecule has 5 nitrogen and oxygen atoms in total. The predicted molar refractivity (Wildman–Crippen MR) is 81.7 cm³/mol. The van der Waals surface area contributed by atoms with Gasteiger partial charge in [-0.1, -0.05) is 12.1 Å². The Hall–Kier alpha value is -1.53. The molecule has 0 amide bonds. The molecule has 2 heterocycles. The van der Waals surface area contributed by atoms with Crippen LogP contribution in [0, 0.1) is 6.92 Å². The molecule has 0 bridgehead atoms. The van der Waals surface area contributed by atoms with Crippen LogP contribution in [0.2, 0.25) is 0 Å². The van der Waals surface area contributed by atoms with E-state index in [-0.39, 0.29) is 6.10 Å². The minimum atomic E-state index is -0.663.